The van der Waals surface area contributed by atoms with E-state index in [0.29, 0.717) is 0 Å². The highest BCUT2D eigenvalue weighted by Gasteiger charge is 2.33. The first-order valence-electron chi connectivity index (χ1n) is 4.07. The highest BCUT2D eigenvalue weighted by Crippen LogP contribution is 2.42. The predicted octanol–water partition coefficient (Wildman–Crippen LogP) is 0.204. The average Bonchev–Trinajstić information content (AvgIpc) is 2.65. The van der Waals surface area contributed by atoms with Gasteiger partial charge in [-0.15, -0.1) is 0 Å². The van der Waals surface area contributed by atoms with Crippen molar-refractivity contribution in [3.63, 3.8) is 0 Å². The summed E-state index contributed by atoms with van der Waals surface area (Å²) in [5.74, 6) is 0. The van der Waals surface area contributed by atoms with E-state index in [0.717, 1.165) is 0 Å². The third-order valence-electron chi connectivity index (χ3n) is 2.10. The Labute approximate surface area is 91.2 Å². The lowest BCUT2D eigenvalue weighted by Gasteiger charge is -2.01. The molecular weight excluding hydrogens is 236 g/mol. The zero-order valence-corrected chi connectivity index (χ0v) is 7.98. The van der Waals surface area contributed by atoms with Crippen LogP contribution in [0.15, 0.2) is 4.63 Å². The van der Waals surface area contributed by atoms with Gasteiger partial charge >= 0.3 is 11.4 Å². The van der Waals surface area contributed by atoms with Crippen molar-refractivity contribution in [1.29, 1.82) is 0 Å². The monoisotopic (exact) mass is 240 g/mol. The number of hydrogen-bond donors (Lipinski definition) is 2. The summed E-state index contributed by atoms with van der Waals surface area (Å²) in [4.78, 5) is 19.7. The molecule has 1 aromatic carbocycles. The van der Waals surface area contributed by atoms with Gasteiger partial charge in [0, 0.05) is 0 Å². The van der Waals surface area contributed by atoms with Gasteiger partial charge in [0.2, 0.25) is 5.52 Å². The Morgan fingerprint density at radius 2 is 1.47 bits per heavy atom. The van der Waals surface area contributed by atoms with Gasteiger partial charge in [-0.05, 0) is 10.3 Å². The lowest BCUT2D eigenvalue weighted by atomic mass is 10.1. The van der Waals surface area contributed by atoms with Gasteiger partial charge in [-0.25, -0.2) is 4.63 Å². The summed E-state index contributed by atoms with van der Waals surface area (Å²) >= 11 is 0. The number of nitrogens with two attached hydrogens (primary N) is 2. The van der Waals surface area contributed by atoms with Crippen molar-refractivity contribution in [1.82, 2.24) is 10.3 Å². The number of nitro benzene ring substituents is 2. The predicted molar refractivity (Wildman–Crippen MR) is 53.9 cm³/mol. The summed E-state index contributed by atoms with van der Waals surface area (Å²) in [6.07, 6.45) is 0. The van der Waals surface area contributed by atoms with Gasteiger partial charge in [-0.3, -0.25) is 20.2 Å². The molecule has 0 aliphatic heterocycles. The van der Waals surface area contributed by atoms with E-state index >= 15 is 0 Å². The SMILES string of the molecule is Nc1c([N+](=O)[O-])c(N)c2nonc2c1[N+](=O)[O-]. The van der Waals surface area contributed by atoms with E-state index in [1.165, 1.54) is 0 Å². The molecule has 0 radical (unpaired) electrons. The number of nitrogens with zero attached hydrogens (tertiary/aromatic N) is 4. The number of aromatic nitrogens is 2. The quantitative estimate of drug-likeness (QED) is 0.421. The van der Waals surface area contributed by atoms with Gasteiger partial charge < -0.3 is 11.5 Å². The van der Waals surface area contributed by atoms with E-state index in [4.69, 9.17) is 11.5 Å². The van der Waals surface area contributed by atoms with Crippen molar-refractivity contribution in [2.24, 2.45) is 0 Å². The second kappa shape index (κ2) is 3.26. The van der Waals surface area contributed by atoms with Crippen LogP contribution in [-0.2, 0) is 0 Å². The lowest BCUT2D eigenvalue weighted by Crippen LogP contribution is -2.05. The summed E-state index contributed by atoms with van der Waals surface area (Å²) in [7, 11) is 0. The van der Waals surface area contributed by atoms with Crippen LogP contribution >= 0.6 is 0 Å². The van der Waals surface area contributed by atoms with Gasteiger partial charge in [0.1, 0.15) is 5.69 Å². The summed E-state index contributed by atoms with van der Waals surface area (Å²) in [5.41, 5.74) is 7.55. The molecule has 2 aromatic rings. The Morgan fingerprint density at radius 1 is 0.941 bits per heavy atom. The molecule has 0 saturated carbocycles. The standard InChI is InChI=1S/C6H4N6O5/c7-1-3-4(10-17-9-3)6(12(15)16)2(8)5(1)11(13)14/h7-8H2. The minimum atomic E-state index is -0.925. The number of benzene rings is 1. The van der Waals surface area contributed by atoms with E-state index in [2.05, 4.69) is 14.9 Å². The summed E-state index contributed by atoms with van der Waals surface area (Å²) in [6, 6.07) is 0. The maximum absolute atomic E-state index is 10.8. The van der Waals surface area contributed by atoms with Crippen LogP contribution in [0, 0.1) is 20.2 Å². The molecule has 4 N–H and O–H groups in total. The third-order valence-corrected chi connectivity index (χ3v) is 2.10. The Bertz CT molecular complexity index is 648. The fourth-order valence-electron chi connectivity index (χ4n) is 1.40. The van der Waals surface area contributed by atoms with Crippen molar-refractivity contribution in [3.8, 4) is 0 Å². The molecule has 0 unspecified atom stereocenters. The van der Waals surface area contributed by atoms with Crippen LogP contribution in [0.3, 0.4) is 0 Å². The smallest absolute Gasteiger partial charge is 0.330 e. The van der Waals surface area contributed by atoms with E-state index in [-0.39, 0.29) is 11.0 Å². The van der Waals surface area contributed by atoms with Gasteiger partial charge in [0.25, 0.3) is 0 Å². The second-order valence-corrected chi connectivity index (χ2v) is 3.00. The first kappa shape index (κ1) is 10.5. The summed E-state index contributed by atoms with van der Waals surface area (Å²) in [5, 5.41) is 28.0. The number of nitrogen functional groups attached to an aromatic ring is 2. The third kappa shape index (κ3) is 1.29. The molecule has 0 aliphatic carbocycles. The highest BCUT2D eigenvalue weighted by atomic mass is 16.6. The maximum Gasteiger partial charge on any atom is 0.330 e. The highest BCUT2D eigenvalue weighted by molar-refractivity contribution is 6.04. The zero-order chi connectivity index (χ0) is 12.7. The number of anilines is 2. The molecule has 0 saturated heterocycles. The first-order chi connectivity index (χ1) is 7.95. The van der Waals surface area contributed by atoms with E-state index in [1.807, 2.05) is 0 Å². The lowest BCUT2D eigenvalue weighted by molar-refractivity contribution is -0.390. The Hall–Kier alpha value is -2.98. The minimum Gasteiger partial charge on any atom is -0.391 e. The van der Waals surface area contributed by atoms with Crippen LogP contribution in [0.25, 0.3) is 11.0 Å². The fraction of sp³-hybridized carbons (Fsp3) is 0. The molecule has 0 bridgehead atoms. The van der Waals surface area contributed by atoms with Gasteiger partial charge in [-0.1, -0.05) is 0 Å². The molecule has 0 atom stereocenters. The van der Waals surface area contributed by atoms with Crippen molar-refractivity contribution in [2.75, 3.05) is 11.5 Å². The van der Waals surface area contributed by atoms with E-state index in [1.54, 1.807) is 0 Å². The molecule has 0 amide bonds. The summed E-state index contributed by atoms with van der Waals surface area (Å²) < 4.78 is 4.26. The van der Waals surface area contributed by atoms with Crippen LogP contribution < -0.4 is 11.5 Å². The van der Waals surface area contributed by atoms with E-state index in [9.17, 15) is 20.2 Å². The Morgan fingerprint density at radius 3 is 2.00 bits per heavy atom. The fourth-order valence-corrected chi connectivity index (χ4v) is 1.40. The first-order valence-corrected chi connectivity index (χ1v) is 4.07. The molecule has 1 aromatic heterocycles. The van der Waals surface area contributed by atoms with Crippen molar-refractivity contribution in [3.05, 3.63) is 20.2 Å². The second-order valence-electron chi connectivity index (χ2n) is 3.00. The number of nitro groups is 2. The molecular formula is C6H4N6O5. The molecule has 0 spiro atoms. The van der Waals surface area contributed by atoms with Gasteiger partial charge in [0.05, 0.1) is 9.85 Å². The number of fused-ring (bicyclic) bond motifs is 1. The molecule has 0 fully saturated rings. The largest absolute Gasteiger partial charge is 0.391 e. The van der Waals surface area contributed by atoms with E-state index < -0.39 is 32.6 Å². The number of rotatable bonds is 2. The topological polar surface area (TPSA) is 177 Å². The van der Waals surface area contributed by atoms with Crippen LogP contribution in [0.4, 0.5) is 22.7 Å². The molecule has 2 rings (SSSR count). The molecule has 0 aliphatic rings. The Balaban J connectivity index is 3.02. The molecule has 88 valence electrons. The molecule has 17 heavy (non-hydrogen) atoms. The average molecular weight is 240 g/mol. The van der Waals surface area contributed by atoms with Gasteiger partial charge in [-0.2, -0.15) is 0 Å². The maximum atomic E-state index is 10.8. The molecule has 11 heteroatoms. The van der Waals surface area contributed by atoms with Crippen molar-refractivity contribution >= 4 is 33.8 Å². The molecule has 11 nitrogen and oxygen atoms in total. The van der Waals surface area contributed by atoms with Crippen LogP contribution in [0.1, 0.15) is 0 Å². The van der Waals surface area contributed by atoms with Crippen molar-refractivity contribution < 1.29 is 14.5 Å². The Kier molecular flexibility index (Phi) is 2.02. The minimum absolute atomic E-state index is 0.266. The van der Waals surface area contributed by atoms with Crippen LogP contribution in [-0.4, -0.2) is 20.2 Å². The normalized spacial score (nSPS) is 10.6. The zero-order valence-electron chi connectivity index (χ0n) is 7.98. The van der Waals surface area contributed by atoms with Crippen LogP contribution in [0.5, 0.6) is 0 Å². The van der Waals surface area contributed by atoms with Gasteiger partial charge in [0.15, 0.2) is 11.2 Å². The number of hydrogen-bond acceptors (Lipinski definition) is 9. The molecule has 1 heterocycles. The van der Waals surface area contributed by atoms with Crippen LogP contribution in [0.2, 0.25) is 0 Å². The van der Waals surface area contributed by atoms with Crippen molar-refractivity contribution in [2.45, 2.75) is 0 Å². The summed E-state index contributed by atoms with van der Waals surface area (Å²) in [6.45, 7) is 0.